The van der Waals surface area contributed by atoms with E-state index in [2.05, 4.69) is 0 Å². The van der Waals surface area contributed by atoms with Crippen LogP contribution in [0.25, 0.3) is 22.2 Å². The predicted octanol–water partition coefficient (Wildman–Crippen LogP) is 4.59. The zero-order valence-electron chi connectivity index (χ0n) is 18.5. The number of aryl methyl sites for hydroxylation is 1. The summed E-state index contributed by atoms with van der Waals surface area (Å²) in [4.78, 5) is 33.6. The summed E-state index contributed by atoms with van der Waals surface area (Å²) in [7, 11) is 1.95. The third-order valence-corrected chi connectivity index (χ3v) is 6.02. The Morgan fingerprint density at radius 2 is 2.03 bits per heavy atom. The number of aromatic nitrogens is 2. The average molecular weight is 455 g/mol. The van der Waals surface area contributed by atoms with Crippen molar-refractivity contribution in [1.29, 1.82) is 0 Å². The number of piperazine rings is 1. The van der Waals surface area contributed by atoms with Crippen molar-refractivity contribution in [1.82, 2.24) is 19.4 Å². The average Bonchev–Trinajstić information content (AvgIpc) is 3.22. The van der Waals surface area contributed by atoms with Crippen molar-refractivity contribution in [3.63, 3.8) is 0 Å². The maximum absolute atomic E-state index is 13.3. The number of carbonyl (C=O) groups is 2. The molecule has 1 aromatic carbocycles. The number of fused-ring (bicyclic) bond motifs is 1. The number of carbonyl (C=O) groups excluding carboxylic acids is 2. The van der Waals surface area contributed by atoms with Gasteiger partial charge in [0.2, 0.25) is 0 Å². The lowest BCUT2D eigenvalue weighted by molar-refractivity contribution is 0.0414. The number of benzene rings is 1. The summed E-state index contributed by atoms with van der Waals surface area (Å²) in [5.41, 5.74) is 2.96. The molecule has 1 atom stereocenters. The van der Waals surface area contributed by atoms with Crippen LogP contribution in [-0.2, 0) is 11.8 Å². The highest BCUT2D eigenvalue weighted by molar-refractivity contribution is 6.35. The van der Waals surface area contributed by atoms with Gasteiger partial charge in [-0.05, 0) is 37.6 Å². The monoisotopic (exact) mass is 454 g/mol. The summed E-state index contributed by atoms with van der Waals surface area (Å²) in [6, 6.07) is 9.13. The van der Waals surface area contributed by atoms with Crippen molar-refractivity contribution in [2.45, 2.75) is 26.3 Å². The van der Waals surface area contributed by atoms with Gasteiger partial charge in [0.15, 0.2) is 0 Å². The fraction of sp³-hybridized carbons (Fsp3) is 0.375. The molecule has 2 amide bonds. The Labute approximate surface area is 192 Å². The Kier molecular flexibility index (Phi) is 6.37. The van der Waals surface area contributed by atoms with Crippen molar-refractivity contribution in [2.24, 2.45) is 7.05 Å². The van der Waals surface area contributed by atoms with Crippen molar-refractivity contribution in [2.75, 3.05) is 26.2 Å². The third-order valence-electron chi connectivity index (χ3n) is 5.71. The zero-order valence-corrected chi connectivity index (χ0v) is 19.3. The fourth-order valence-electron chi connectivity index (χ4n) is 3.99. The van der Waals surface area contributed by atoms with E-state index < -0.39 is 0 Å². The van der Waals surface area contributed by atoms with E-state index in [1.54, 1.807) is 21.9 Å². The highest BCUT2D eigenvalue weighted by Gasteiger charge is 2.31. The Morgan fingerprint density at radius 3 is 2.72 bits per heavy atom. The number of hydrogen-bond acceptors (Lipinski definition) is 4. The van der Waals surface area contributed by atoms with Gasteiger partial charge in [-0.2, -0.15) is 0 Å². The van der Waals surface area contributed by atoms with Gasteiger partial charge in [-0.3, -0.25) is 4.79 Å². The summed E-state index contributed by atoms with van der Waals surface area (Å²) in [5, 5.41) is 1.40. The topological polar surface area (TPSA) is 67.7 Å². The Bertz CT molecular complexity index is 1160. The molecule has 0 spiro atoms. The van der Waals surface area contributed by atoms with Gasteiger partial charge in [0.05, 0.1) is 22.8 Å². The second kappa shape index (κ2) is 9.20. The molecule has 168 valence electrons. The maximum atomic E-state index is 13.3. The van der Waals surface area contributed by atoms with E-state index in [1.807, 2.05) is 56.1 Å². The normalized spacial score (nSPS) is 16.4. The molecular formula is C24H27ClN4O3. The van der Waals surface area contributed by atoms with Gasteiger partial charge >= 0.3 is 6.09 Å². The molecule has 3 aromatic rings. The van der Waals surface area contributed by atoms with Gasteiger partial charge in [-0.25, -0.2) is 9.78 Å². The maximum Gasteiger partial charge on any atom is 0.409 e. The molecule has 0 aliphatic carbocycles. The van der Waals surface area contributed by atoms with Crippen LogP contribution in [0.15, 0.2) is 42.7 Å². The molecular weight excluding hydrogens is 428 g/mol. The number of ether oxygens (including phenoxy) is 1. The lowest BCUT2D eigenvalue weighted by Crippen LogP contribution is -2.55. The van der Waals surface area contributed by atoms with Gasteiger partial charge in [0.1, 0.15) is 0 Å². The highest BCUT2D eigenvalue weighted by Crippen LogP contribution is 2.29. The quantitative estimate of drug-likeness (QED) is 0.578. The lowest BCUT2D eigenvalue weighted by atomic mass is 10.1. The van der Waals surface area contributed by atoms with E-state index in [-0.39, 0.29) is 18.0 Å². The molecule has 0 radical (unpaired) electrons. The van der Waals surface area contributed by atoms with Gasteiger partial charge < -0.3 is 19.1 Å². The summed E-state index contributed by atoms with van der Waals surface area (Å²) in [6.07, 6.45) is 4.40. The lowest BCUT2D eigenvalue weighted by Gasteiger charge is -2.39. The first-order valence-corrected chi connectivity index (χ1v) is 11.2. The van der Waals surface area contributed by atoms with E-state index in [1.165, 1.54) is 0 Å². The van der Waals surface area contributed by atoms with Crippen LogP contribution in [0.3, 0.4) is 0 Å². The predicted molar refractivity (Wildman–Crippen MR) is 125 cm³/mol. The fourth-order valence-corrected chi connectivity index (χ4v) is 4.26. The molecule has 8 heteroatoms. The van der Waals surface area contributed by atoms with E-state index >= 15 is 0 Å². The molecule has 1 fully saturated rings. The van der Waals surface area contributed by atoms with Crippen molar-refractivity contribution in [3.05, 3.63) is 53.3 Å². The van der Waals surface area contributed by atoms with Gasteiger partial charge in [0.25, 0.3) is 5.91 Å². The first-order chi connectivity index (χ1) is 15.4. The molecule has 0 saturated carbocycles. The van der Waals surface area contributed by atoms with E-state index in [9.17, 15) is 9.59 Å². The second-order valence-corrected chi connectivity index (χ2v) is 8.60. The van der Waals surface area contributed by atoms with Crippen LogP contribution in [0.5, 0.6) is 0 Å². The largest absolute Gasteiger partial charge is 0.449 e. The van der Waals surface area contributed by atoms with E-state index in [0.717, 1.165) is 23.1 Å². The molecule has 32 heavy (non-hydrogen) atoms. The van der Waals surface area contributed by atoms with E-state index in [4.69, 9.17) is 21.3 Å². The molecule has 7 nitrogen and oxygen atoms in total. The van der Waals surface area contributed by atoms with Gasteiger partial charge in [0, 0.05) is 61.6 Å². The molecule has 4 rings (SSSR count). The van der Waals surface area contributed by atoms with E-state index in [0.29, 0.717) is 42.3 Å². The second-order valence-electron chi connectivity index (χ2n) is 8.19. The minimum absolute atomic E-state index is 0.0796. The van der Waals surface area contributed by atoms with Crippen molar-refractivity contribution >= 4 is 34.5 Å². The zero-order chi connectivity index (χ0) is 22.8. The van der Waals surface area contributed by atoms with Crippen LogP contribution in [0.1, 0.15) is 30.6 Å². The molecule has 1 saturated heterocycles. The molecule has 1 unspecified atom stereocenters. The van der Waals surface area contributed by atoms with Crippen molar-refractivity contribution in [3.8, 4) is 11.3 Å². The molecule has 1 aliphatic rings. The molecule has 3 heterocycles. The van der Waals surface area contributed by atoms with Crippen LogP contribution in [0.4, 0.5) is 4.79 Å². The number of rotatable bonds is 4. The standard InChI is InChI=1S/C24H27ClN4O3/c1-4-11-32-24(31)28-9-10-29(16(2)14-28)23(30)17-5-6-19-20(25)13-21(26-22(19)12-17)18-7-8-27(3)15-18/h5-8,12-13,15-16H,4,9-11,14H2,1-3H3. The third kappa shape index (κ3) is 4.43. The summed E-state index contributed by atoms with van der Waals surface area (Å²) in [6.45, 7) is 5.67. The Hall–Kier alpha value is -3.06. The minimum atomic E-state index is -0.316. The molecule has 0 bridgehead atoms. The highest BCUT2D eigenvalue weighted by atomic mass is 35.5. The first kappa shape index (κ1) is 22.1. The first-order valence-electron chi connectivity index (χ1n) is 10.8. The van der Waals surface area contributed by atoms with Crippen LogP contribution in [0.2, 0.25) is 5.02 Å². The van der Waals surface area contributed by atoms with Gasteiger partial charge in [-0.15, -0.1) is 0 Å². The smallest absolute Gasteiger partial charge is 0.409 e. The summed E-state index contributed by atoms with van der Waals surface area (Å²) in [5.74, 6) is -0.0796. The molecule has 2 aromatic heterocycles. The Morgan fingerprint density at radius 1 is 1.22 bits per heavy atom. The number of nitrogens with zero attached hydrogens (tertiary/aromatic N) is 4. The van der Waals surface area contributed by atoms with Crippen LogP contribution < -0.4 is 0 Å². The number of amides is 2. The van der Waals surface area contributed by atoms with Crippen LogP contribution in [-0.4, -0.2) is 63.6 Å². The Balaban J connectivity index is 1.55. The minimum Gasteiger partial charge on any atom is -0.449 e. The SMILES string of the molecule is CCCOC(=O)N1CCN(C(=O)c2ccc3c(Cl)cc(-c4ccn(C)c4)nc3c2)C(C)C1. The van der Waals surface area contributed by atoms with Crippen LogP contribution >= 0.6 is 11.6 Å². The van der Waals surface area contributed by atoms with Crippen molar-refractivity contribution < 1.29 is 14.3 Å². The number of pyridine rings is 1. The molecule has 1 aliphatic heterocycles. The van der Waals surface area contributed by atoms with Gasteiger partial charge in [-0.1, -0.05) is 24.6 Å². The number of halogens is 1. The number of hydrogen-bond donors (Lipinski definition) is 0. The summed E-state index contributed by atoms with van der Waals surface area (Å²) < 4.78 is 7.18. The molecule has 0 N–H and O–H groups in total. The summed E-state index contributed by atoms with van der Waals surface area (Å²) >= 11 is 6.51. The van der Waals surface area contributed by atoms with Crippen LogP contribution in [0, 0.1) is 0 Å².